The van der Waals surface area contributed by atoms with Gasteiger partial charge in [0.25, 0.3) is 12.3 Å². The normalized spacial score (nSPS) is 11.2. The molecular weight excluding hydrogens is 454 g/mol. The minimum atomic E-state index is -2.83. The number of benzene rings is 2. The summed E-state index contributed by atoms with van der Waals surface area (Å²) < 4.78 is 35.8. The first-order valence-corrected chi connectivity index (χ1v) is 10.7. The van der Waals surface area contributed by atoms with Crippen molar-refractivity contribution in [3.8, 4) is 17.0 Å². The van der Waals surface area contributed by atoms with Crippen LogP contribution >= 0.6 is 0 Å². The Balaban J connectivity index is 1.47. The molecule has 0 fully saturated rings. The highest BCUT2D eigenvalue weighted by atomic mass is 19.3. The van der Waals surface area contributed by atoms with Gasteiger partial charge >= 0.3 is 0 Å². The van der Waals surface area contributed by atoms with E-state index in [-0.39, 0.29) is 22.6 Å². The molecule has 3 heterocycles. The minimum absolute atomic E-state index is 0.00456. The maximum absolute atomic E-state index is 13.9. The maximum atomic E-state index is 13.9. The molecule has 35 heavy (non-hydrogen) atoms. The third-order valence-electron chi connectivity index (χ3n) is 5.42. The number of nitrogens with one attached hydrogen (secondary N) is 1. The van der Waals surface area contributed by atoms with Crippen molar-refractivity contribution in [2.75, 3.05) is 12.4 Å². The second-order valence-electron chi connectivity index (χ2n) is 7.70. The molecule has 0 atom stereocenters. The molecule has 0 radical (unpaired) electrons. The summed E-state index contributed by atoms with van der Waals surface area (Å²) in [5.74, 6) is 0.231. The monoisotopic (exact) mass is 474 g/mol. The highest BCUT2D eigenvalue weighted by Crippen LogP contribution is 2.32. The van der Waals surface area contributed by atoms with Gasteiger partial charge in [0, 0.05) is 17.8 Å². The number of ether oxygens (including phenoxy) is 1. The van der Waals surface area contributed by atoms with Gasteiger partial charge in [-0.1, -0.05) is 42.5 Å². The molecule has 0 aliphatic carbocycles. The minimum Gasteiger partial charge on any atom is -0.496 e. The van der Waals surface area contributed by atoms with E-state index in [2.05, 4.69) is 20.5 Å². The summed E-state index contributed by atoms with van der Waals surface area (Å²) in [5.41, 5.74) is 1.48. The molecule has 0 bridgehead atoms. The first-order valence-electron chi connectivity index (χ1n) is 10.7. The fourth-order valence-electron chi connectivity index (χ4n) is 3.77. The number of carbonyl (C=O) groups is 1. The van der Waals surface area contributed by atoms with Crippen molar-refractivity contribution < 1.29 is 18.3 Å². The van der Waals surface area contributed by atoms with Gasteiger partial charge in [-0.2, -0.15) is 10.2 Å². The van der Waals surface area contributed by atoms with Crippen molar-refractivity contribution in [3.05, 3.63) is 95.9 Å². The van der Waals surface area contributed by atoms with Crippen LogP contribution in [0.4, 0.5) is 14.6 Å². The number of para-hydroxylation sites is 1. The highest BCUT2D eigenvalue weighted by Gasteiger charge is 2.23. The third kappa shape index (κ3) is 4.45. The Kier molecular flexibility index (Phi) is 5.92. The zero-order valence-electron chi connectivity index (χ0n) is 18.6. The van der Waals surface area contributed by atoms with E-state index in [1.807, 2.05) is 30.3 Å². The lowest BCUT2D eigenvalue weighted by molar-refractivity contribution is 0.102. The Morgan fingerprint density at radius 3 is 2.63 bits per heavy atom. The summed E-state index contributed by atoms with van der Waals surface area (Å²) in [5, 5.41) is 11.1. The van der Waals surface area contributed by atoms with Gasteiger partial charge < -0.3 is 10.1 Å². The van der Waals surface area contributed by atoms with E-state index in [0.29, 0.717) is 23.7 Å². The van der Waals surface area contributed by atoms with Crippen molar-refractivity contribution in [2.45, 2.75) is 13.0 Å². The van der Waals surface area contributed by atoms with Gasteiger partial charge in [-0.15, -0.1) is 0 Å². The van der Waals surface area contributed by atoms with Gasteiger partial charge in [0.15, 0.2) is 11.5 Å². The molecule has 8 nitrogen and oxygen atoms in total. The number of hydrogen-bond acceptors (Lipinski definition) is 5. The number of halogens is 2. The van der Waals surface area contributed by atoms with E-state index < -0.39 is 12.3 Å². The molecule has 0 saturated heterocycles. The molecule has 10 heteroatoms. The molecule has 176 valence electrons. The van der Waals surface area contributed by atoms with Crippen LogP contribution in [-0.4, -0.2) is 37.4 Å². The van der Waals surface area contributed by atoms with Crippen molar-refractivity contribution in [1.29, 1.82) is 0 Å². The number of carbonyl (C=O) groups excluding carboxylic acids is 1. The van der Waals surface area contributed by atoms with E-state index in [1.54, 1.807) is 41.2 Å². The summed E-state index contributed by atoms with van der Waals surface area (Å²) in [6.45, 7) is 0.537. The predicted octanol–water partition coefficient (Wildman–Crippen LogP) is 4.84. The van der Waals surface area contributed by atoms with Gasteiger partial charge in [-0.05, 0) is 23.8 Å². The molecule has 5 rings (SSSR count). The fourth-order valence-corrected chi connectivity index (χ4v) is 3.77. The molecule has 0 aliphatic heterocycles. The van der Waals surface area contributed by atoms with Gasteiger partial charge in [-0.3, -0.25) is 9.48 Å². The maximum Gasteiger partial charge on any atom is 0.280 e. The highest BCUT2D eigenvalue weighted by molar-refractivity contribution is 6.07. The Morgan fingerprint density at radius 2 is 1.86 bits per heavy atom. The smallest absolute Gasteiger partial charge is 0.280 e. The zero-order valence-corrected chi connectivity index (χ0v) is 18.6. The Morgan fingerprint density at radius 1 is 1.09 bits per heavy atom. The lowest BCUT2D eigenvalue weighted by Crippen LogP contribution is -2.13. The van der Waals surface area contributed by atoms with Gasteiger partial charge in [0.05, 0.1) is 25.5 Å². The molecule has 3 aromatic heterocycles. The van der Waals surface area contributed by atoms with Crippen LogP contribution in [-0.2, 0) is 6.54 Å². The van der Waals surface area contributed by atoms with Gasteiger partial charge in [0.1, 0.15) is 17.0 Å². The van der Waals surface area contributed by atoms with E-state index in [0.717, 1.165) is 10.1 Å². The van der Waals surface area contributed by atoms with E-state index in [1.165, 1.54) is 19.4 Å². The van der Waals surface area contributed by atoms with Crippen LogP contribution in [0.25, 0.3) is 16.9 Å². The van der Waals surface area contributed by atoms with Gasteiger partial charge in [0.2, 0.25) is 0 Å². The van der Waals surface area contributed by atoms with Crippen LogP contribution in [0.2, 0.25) is 0 Å². The lowest BCUT2D eigenvalue weighted by Gasteiger charge is -2.11. The van der Waals surface area contributed by atoms with E-state index in [4.69, 9.17) is 4.74 Å². The molecule has 1 amide bonds. The Labute approximate surface area is 198 Å². The summed E-state index contributed by atoms with van der Waals surface area (Å²) in [4.78, 5) is 17.5. The molecule has 1 N–H and O–H groups in total. The average Bonchev–Trinajstić information content (AvgIpc) is 3.50. The summed E-state index contributed by atoms with van der Waals surface area (Å²) in [6, 6.07) is 19.6. The Bertz CT molecular complexity index is 1500. The number of methoxy groups -OCH3 is 1. The van der Waals surface area contributed by atoms with Crippen molar-refractivity contribution in [1.82, 2.24) is 24.4 Å². The number of hydrogen-bond donors (Lipinski definition) is 1. The number of nitrogens with zero attached hydrogens (tertiary/aromatic N) is 5. The number of rotatable bonds is 7. The summed E-state index contributed by atoms with van der Waals surface area (Å²) in [7, 11) is 1.49. The number of fused-ring (bicyclic) bond motifs is 1. The molecule has 2 aromatic carbocycles. The van der Waals surface area contributed by atoms with Crippen LogP contribution in [0.15, 0.2) is 79.1 Å². The van der Waals surface area contributed by atoms with Crippen LogP contribution in [0.1, 0.15) is 28.0 Å². The number of alkyl halides is 2. The topological polar surface area (TPSA) is 86.3 Å². The first-order chi connectivity index (χ1) is 17.0. The predicted molar refractivity (Wildman–Crippen MR) is 126 cm³/mol. The summed E-state index contributed by atoms with van der Waals surface area (Å²) in [6.07, 6.45) is 0.126. The molecular formula is C25H20F2N6O2. The quantitative estimate of drug-likeness (QED) is 0.365. The SMILES string of the molecule is COc1ccccc1-c1cc(C(F)F)n2ncc(C(=O)Nc3ccn(Cc4ccccc4)n3)c2n1. The van der Waals surface area contributed by atoms with Crippen LogP contribution in [0, 0.1) is 0 Å². The van der Waals surface area contributed by atoms with Crippen molar-refractivity contribution in [3.63, 3.8) is 0 Å². The molecule has 0 unspecified atom stereocenters. The van der Waals surface area contributed by atoms with Crippen LogP contribution in [0.5, 0.6) is 5.75 Å². The second kappa shape index (κ2) is 9.34. The third-order valence-corrected chi connectivity index (χ3v) is 5.42. The van der Waals surface area contributed by atoms with Crippen LogP contribution < -0.4 is 10.1 Å². The number of anilines is 1. The van der Waals surface area contributed by atoms with Gasteiger partial charge in [-0.25, -0.2) is 18.3 Å². The molecule has 0 aliphatic rings. The average molecular weight is 474 g/mol. The molecule has 5 aromatic rings. The fraction of sp³-hybridized carbons (Fsp3) is 0.120. The number of aromatic nitrogens is 5. The van der Waals surface area contributed by atoms with E-state index >= 15 is 0 Å². The standard InChI is InChI=1S/C25H20F2N6O2/c1-35-21-10-6-5-9-17(21)19-13-20(23(26)27)33-24(29-19)18(14-28-33)25(34)30-22-11-12-32(31-22)15-16-7-3-2-4-8-16/h2-14,23H,15H2,1H3,(H,30,31,34). The molecule has 0 spiro atoms. The Hall–Kier alpha value is -4.60. The molecule has 0 saturated carbocycles. The summed E-state index contributed by atoms with van der Waals surface area (Å²) >= 11 is 0. The largest absolute Gasteiger partial charge is 0.496 e. The lowest BCUT2D eigenvalue weighted by atomic mass is 10.1. The van der Waals surface area contributed by atoms with Crippen molar-refractivity contribution in [2.24, 2.45) is 0 Å². The van der Waals surface area contributed by atoms with Crippen LogP contribution in [0.3, 0.4) is 0 Å². The second-order valence-corrected chi connectivity index (χ2v) is 7.70. The zero-order chi connectivity index (χ0) is 24.4. The van der Waals surface area contributed by atoms with Crippen molar-refractivity contribution >= 4 is 17.4 Å². The number of amides is 1. The van der Waals surface area contributed by atoms with E-state index in [9.17, 15) is 13.6 Å². The first kappa shape index (κ1) is 22.2.